The Bertz CT molecular complexity index is 387. The van der Waals surface area contributed by atoms with E-state index in [9.17, 15) is 4.79 Å². The second-order valence-electron chi connectivity index (χ2n) is 4.29. The number of benzene rings is 1. The molecule has 1 unspecified atom stereocenters. The number of ether oxygens (including phenoxy) is 1. The van der Waals surface area contributed by atoms with Crippen molar-refractivity contribution in [1.82, 2.24) is 5.32 Å². The summed E-state index contributed by atoms with van der Waals surface area (Å²) in [6.07, 6.45) is 3.46. The number of anilines is 1. The monoisotopic (exact) mass is 234 g/mol. The molecule has 1 aliphatic heterocycles. The van der Waals surface area contributed by atoms with Crippen LogP contribution in [0.2, 0.25) is 0 Å². The van der Waals surface area contributed by atoms with Crippen molar-refractivity contribution >= 4 is 11.6 Å². The van der Waals surface area contributed by atoms with E-state index >= 15 is 0 Å². The standard InChI is InChI=1S/C13H18N2O2/c14-12-7-2-1-6-11(12)13(16)15-9-10-5-3-4-8-17-10/h1-2,6-7,10H,3-5,8-9,14H2,(H,15,16). The molecule has 1 amide bonds. The highest BCUT2D eigenvalue weighted by Gasteiger charge is 2.15. The summed E-state index contributed by atoms with van der Waals surface area (Å²) in [6, 6.07) is 7.08. The van der Waals surface area contributed by atoms with Crippen LogP contribution >= 0.6 is 0 Å². The first kappa shape index (κ1) is 11.9. The summed E-state index contributed by atoms with van der Waals surface area (Å²) in [4.78, 5) is 11.9. The van der Waals surface area contributed by atoms with Gasteiger partial charge in [0.2, 0.25) is 0 Å². The summed E-state index contributed by atoms with van der Waals surface area (Å²) >= 11 is 0. The smallest absolute Gasteiger partial charge is 0.253 e. The van der Waals surface area contributed by atoms with Crippen LogP contribution in [0.25, 0.3) is 0 Å². The minimum Gasteiger partial charge on any atom is -0.398 e. The van der Waals surface area contributed by atoms with Gasteiger partial charge in [0.25, 0.3) is 5.91 Å². The van der Waals surface area contributed by atoms with E-state index in [-0.39, 0.29) is 12.0 Å². The average molecular weight is 234 g/mol. The number of para-hydroxylation sites is 1. The van der Waals surface area contributed by atoms with Crippen molar-refractivity contribution in [2.45, 2.75) is 25.4 Å². The summed E-state index contributed by atoms with van der Waals surface area (Å²) in [6.45, 7) is 1.36. The molecule has 0 bridgehead atoms. The van der Waals surface area contributed by atoms with Crippen molar-refractivity contribution in [1.29, 1.82) is 0 Å². The number of hydrogen-bond acceptors (Lipinski definition) is 3. The Hall–Kier alpha value is -1.55. The molecule has 92 valence electrons. The third kappa shape index (κ3) is 3.20. The molecule has 1 atom stereocenters. The van der Waals surface area contributed by atoms with Crippen molar-refractivity contribution < 1.29 is 9.53 Å². The summed E-state index contributed by atoms with van der Waals surface area (Å²) in [5.41, 5.74) is 6.78. The van der Waals surface area contributed by atoms with Crippen LogP contribution < -0.4 is 11.1 Å². The van der Waals surface area contributed by atoms with E-state index in [1.165, 1.54) is 6.42 Å². The van der Waals surface area contributed by atoms with Crippen molar-refractivity contribution in [2.24, 2.45) is 0 Å². The highest BCUT2D eigenvalue weighted by atomic mass is 16.5. The molecule has 3 N–H and O–H groups in total. The van der Waals surface area contributed by atoms with Gasteiger partial charge in [-0.05, 0) is 31.4 Å². The van der Waals surface area contributed by atoms with E-state index in [4.69, 9.17) is 10.5 Å². The lowest BCUT2D eigenvalue weighted by Crippen LogP contribution is -2.35. The van der Waals surface area contributed by atoms with Crippen LogP contribution in [0.4, 0.5) is 5.69 Å². The maximum absolute atomic E-state index is 11.9. The Morgan fingerprint density at radius 2 is 2.24 bits per heavy atom. The normalized spacial score (nSPS) is 19.9. The van der Waals surface area contributed by atoms with Gasteiger partial charge in [-0.15, -0.1) is 0 Å². The molecule has 1 aliphatic rings. The first-order chi connectivity index (χ1) is 8.27. The third-order valence-electron chi connectivity index (χ3n) is 2.97. The van der Waals surface area contributed by atoms with E-state index in [0.717, 1.165) is 19.4 Å². The van der Waals surface area contributed by atoms with Crippen molar-refractivity contribution in [3.05, 3.63) is 29.8 Å². The highest BCUT2D eigenvalue weighted by molar-refractivity contribution is 5.99. The van der Waals surface area contributed by atoms with Gasteiger partial charge in [0, 0.05) is 18.8 Å². The summed E-state index contributed by atoms with van der Waals surface area (Å²) in [5.74, 6) is -0.128. The third-order valence-corrected chi connectivity index (χ3v) is 2.97. The quantitative estimate of drug-likeness (QED) is 0.780. The fourth-order valence-corrected chi connectivity index (χ4v) is 1.97. The fraction of sp³-hybridized carbons (Fsp3) is 0.462. The molecule has 4 heteroatoms. The Labute approximate surface area is 101 Å². The lowest BCUT2D eigenvalue weighted by Gasteiger charge is -2.22. The number of nitrogen functional groups attached to an aromatic ring is 1. The maximum atomic E-state index is 11.9. The van der Waals surface area contributed by atoms with E-state index in [2.05, 4.69) is 5.32 Å². The van der Waals surface area contributed by atoms with E-state index in [1.54, 1.807) is 12.1 Å². The predicted octanol–water partition coefficient (Wildman–Crippen LogP) is 1.57. The zero-order valence-electron chi connectivity index (χ0n) is 9.82. The molecule has 0 radical (unpaired) electrons. The summed E-state index contributed by atoms with van der Waals surface area (Å²) in [5, 5.41) is 2.87. The SMILES string of the molecule is Nc1ccccc1C(=O)NCC1CCCCO1. The molecule has 4 nitrogen and oxygen atoms in total. The molecule has 1 aromatic carbocycles. The van der Waals surface area contributed by atoms with Gasteiger partial charge < -0.3 is 15.8 Å². The van der Waals surface area contributed by atoms with Gasteiger partial charge in [0.05, 0.1) is 11.7 Å². The van der Waals surface area contributed by atoms with E-state index in [0.29, 0.717) is 17.8 Å². The second-order valence-corrected chi connectivity index (χ2v) is 4.29. The number of amides is 1. The predicted molar refractivity (Wildman–Crippen MR) is 66.8 cm³/mol. The van der Waals surface area contributed by atoms with Crippen LogP contribution in [0, 0.1) is 0 Å². The lowest BCUT2D eigenvalue weighted by molar-refractivity contribution is 0.0169. The minimum absolute atomic E-state index is 0.128. The zero-order valence-corrected chi connectivity index (χ0v) is 9.82. The van der Waals surface area contributed by atoms with Gasteiger partial charge in [0.15, 0.2) is 0 Å². The number of nitrogens with one attached hydrogen (secondary N) is 1. The van der Waals surface area contributed by atoms with Crippen LogP contribution in [0.1, 0.15) is 29.6 Å². The second kappa shape index (κ2) is 5.68. The molecule has 1 fully saturated rings. The van der Waals surface area contributed by atoms with Gasteiger partial charge in [-0.1, -0.05) is 12.1 Å². The molecular formula is C13H18N2O2. The molecule has 17 heavy (non-hydrogen) atoms. The topological polar surface area (TPSA) is 64.4 Å². The van der Waals surface area contributed by atoms with Crippen LogP contribution in [0.15, 0.2) is 24.3 Å². The van der Waals surface area contributed by atoms with Crippen LogP contribution in [0.3, 0.4) is 0 Å². The van der Waals surface area contributed by atoms with E-state index in [1.807, 2.05) is 12.1 Å². The molecule has 2 rings (SSSR count). The van der Waals surface area contributed by atoms with Gasteiger partial charge in [-0.25, -0.2) is 0 Å². The molecule has 1 heterocycles. The van der Waals surface area contributed by atoms with Gasteiger partial charge in [-0.3, -0.25) is 4.79 Å². The number of carbonyl (C=O) groups is 1. The largest absolute Gasteiger partial charge is 0.398 e. The maximum Gasteiger partial charge on any atom is 0.253 e. The van der Waals surface area contributed by atoms with E-state index < -0.39 is 0 Å². The molecule has 0 aliphatic carbocycles. The number of hydrogen-bond donors (Lipinski definition) is 2. The Morgan fingerprint density at radius 3 is 2.94 bits per heavy atom. The first-order valence-corrected chi connectivity index (χ1v) is 6.01. The zero-order chi connectivity index (χ0) is 12.1. The van der Waals surface area contributed by atoms with Gasteiger partial charge in [-0.2, -0.15) is 0 Å². The first-order valence-electron chi connectivity index (χ1n) is 6.01. The lowest BCUT2D eigenvalue weighted by atomic mass is 10.1. The summed E-state index contributed by atoms with van der Waals surface area (Å²) < 4.78 is 5.55. The van der Waals surface area contributed by atoms with Crippen LogP contribution in [-0.2, 0) is 4.74 Å². The Morgan fingerprint density at radius 1 is 1.41 bits per heavy atom. The molecule has 0 spiro atoms. The molecular weight excluding hydrogens is 216 g/mol. The summed E-state index contributed by atoms with van der Waals surface area (Å²) in [7, 11) is 0. The Kier molecular flexibility index (Phi) is 3.98. The minimum atomic E-state index is -0.128. The Balaban J connectivity index is 1.87. The van der Waals surface area contributed by atoms with Gasteiger partial charge >= 0.3 is 0 Å². The van der Waals surface area contributed by atoms with Crippen molar-refractivity contribution in [3.63, 3.8) is 0 Å². The molecule has 1 aromatic rings. The average Bonchev–Trinajstić information content (AvgIpc) is 2.38. The van der Waals surface area contributed by atoms with Gasteiger partial charge in [0.1, 0.15) is 0 Å². The van der Waals surface area contributed by atoms with Crippen LogP contribution in [-0.4, -0.2) is 25.2 Å². The number of nitrogens with two attached hydrogens (primary N) is 1. The number of rotatable bonds is 3. The van der Waals surface area contributed by atoms with Crippen molar-refractivity contribution in [2.75, 3.05) is 18.9 Å². The molecule has 0 aromatic heterocycles. The fourth-order valence-electron chi connectivity index (χ4n) is 1.97. The highest BCUT2D eigenvalue weighted by Crippen LogP contribution is 2.13. The van der Waals surface area contributed by atoms with Crippen LogP contribution in [0.5, 0.6) is 0 Å². The van der Waals surface area contributed by atoms with Crippen molar-refractivity contribution in [3.8, 4) is 0 Å². The molecule has 1 saturated heterocycles. The number of carbonyl (C=O) groups excluding carboxylic acids is 1. The molecule has 0 saturated carbocycles.